The van der Waals surface area contributed by atoms with Gasteiger partial charge in [-0.1, -0.05) is 24.3 Å². The first-order valence-electron chi connectivity index (χ1n) is 8.11. The molecule has 0 radical (unpaired) electrons. The summed E-state index contributed by atoms with van der Waals surface area (Å²) in [5.41, 5.74) is 2.40. The normalized spacial score (nSPS) is 10.9. The lowest BCUT2D eigenvalue weighted by atomic mass is 10.2. The first kappa shape index (κ1) is 20.0. The lowest BCUT2D eigenvalue weighted by molar-refractivity contribution is -0.0426. The average molecular weight is 381 g/mol. The van der Waals surface area contributed by atoms with Gasteiger partial charge in [0.05, 0.1) is 13.2 Å². The van der Waals surface area contributed by atoms with Crippen molar-refractivity contribution in [3.63, 3.8) is 0 Å². The van der Waals surface area contributed by atoms with Crippen LogP contribution >= 0.6 is 23.5 Å². The van der Waals surface area contributed by atoms with Crippen molar-refractivity contribution in [1.29, 1.82) is 0 Å². The van der Waals surface area contributed by atoms with Crippen LogP contribution in [0.25, 0.3) is 0 Å². The topological polar surface area (TPSA) is 58.9 Å². The van der Waals surface area contributed by atoms with E-state index in [0.29, 0.717) is 31.5 Å². The second-order valence-corrected chi connectivity index (χ2v) is 7.58. The summed E-state index contributed by atoms with van der Waals surface area (Å²) in [7, 11) is 0. The first-order chi connectivity index (χ1) is 12.2. The van der Waals surface area contributed by atoms with E-state index in [-0.39, 0.29) is 0 Å². The Balaban J connectivity index is 1.37. The Kier molecular flexibility index (Phi) is 9.66. The fraction of sp³-hybridized carbons (Fsp3) is 0.368. The second kappa shape index (κ2) is 12.1. The molecule has 0 aliphatic rings. The number of ether oxygens (including phenoxy) is 2. The summed E-state index contributed by atoms with van der Waals surface area (Å²) in [5, 5.41) is 18.4. The minimum absolute atomic E-state index is 0.301. The molecule has 0 aromatic heterocycles. The Morgan fingerprint density at radius 1 is 0.640 bits per heavy atom. The zero-order valence-corrected chi connectivity index (χ0v) is 15.7. The van der Waals surface area contributed by atoms with Gasteiger partial charge in [0.15, 0.2) is 0 Å². The molecule has 0 atom stereocenters. The van der Waals surface area contributed by atoms with Gasteiger partial charge >= 0.3 is 0 Å². The summed E-state index contributed by atoms with van der Waals surface area (Å²) in [4.78, 5) is 0. The largest absolute Gasteiger partial charge is 0.508 e. The highest BCUT2D eigenvalue weighted by Gasteiger charge is 1.97. The third kappa shape index (κ3) is 9.07. The molecule has 6 heteroatoms. The highest BCUT2D eigenvalue weighted by molar-refractivity contribution is 7.98. The lowest BCUT2D eigenvalue weighted by Crippen LogP contribution is -2.05. The molecule has 0 saturated carbocycles. The molecule has 0 fully saturated rings. The van der Waals surface area contributed by atoms with Crippen LogP contribution in [0.3, 0.4) is 0 Å². The molecule has 0 amide bonds. The van der Waals surface area contributed by atoms with Crippen LogP contribution < -0.4 is 0 Å². The van der Waals surface area contributed by atoms with Gasteiger partial charge in [0.2, 0.25) is 0 Å². The Morgan fingerprint density at radius 3 is 1.44 bits per heavy atom. The highest BCUT2D eigenvalue weighted by Crippen LogP contribution is 2.16. The minimum atomic E-state index is 0.301. The number of rotatable bonds is 12. The van der Waals surface area contributed by atoms with Gasteiger partial charge in [-0.05, 0) is 35.4 Å². The van der Waals surface area contributed by atoms with E-state index in [1.54, 1.807) is 47.8 Å². The van der Waals surface area contributed by atoms with Crippen molar-refractivity contribution in [2.45, 2.75) is 11.5 Å². The van der Waals surface area contributed by atoms with Gasteiger partial charge in [-0.2, -0.15) is 23.5 Å². The third-order valence-corrected chi connectivity index (χ3v) is 5.31. The van der Waals surface area contributed by atoms with E-state index in [1.807, 2.05) is 24.3 Å². The molecule has 2 rings (SSSR count). The zero-order valence-electron chi connectivity index (χ0n) is 14.1. The third-order valence-electron chi connectivity index (χ3n) is 3.32. The molecule has 0 aliphatic heterocycles. The molecule has 0 aliphatic carbocycles. The van der Waals surface area contributed by atoms with E-state index in [0.717, 1.165) is 23.0 Å². The van der Waals surface area contributed by atoms with E-state index < -0.39 is 0 Å². The molecule has 0 heterocycles. The Morgan fingerprint density at radius 2 is 1.04 bits per heavy atom. The molecule has 2 N–H and O–H groups in total. The van der Waals surface area contributed by atoms with Crippen LogP contribution in [0.1, 0.15) is 11.1 Å². The van der Waals surface area contributed by atoms with Gasteiger partial charge in [0.25, 0.3) is 0 Å². The zero-order chi connectivity index (χ0) is 17.7. The molecule has 136 valence electrons. The van der Waals surface area contributed by atoms with Crippen molar-refractivity contribution in [3.8, 4) is 11.5 Å². The van der Waals surface area contributed by atoms with Crippen molar-refractivity contribution >= 4 is 23.5 Å². The number of phenolic OH excluding ortho intramolecular Hbond substituents is 2. The number of thioether (sulfide) groups is 2. The summed E-state index contributed by atoms with van der Waals surface area (Å²) < 4.78 is 10.9. The fourth-order valence-corrected chi connectivity index (χ4v) is 3.59. The average Bonchev–Trinajstić information content (AvgIpc) is 2.63. The minimum Gasteiger partial charge on any atom is -0.508 e. The van der Waals surface area contributed by atoms with E-state index >= 15 is 0 Å². The van der Waals surface area contributed by atoms with Crippen LogP contribution in [0.4, 0.5) is 0 Å². The smallest absolute Gasteiger partial charge is 0.146 e. The van der Waals surface area contributed by atoms with Crippen LogP contribution in [-0.2, 0) is 21.0 Å². The summed E-state index contributed by atoms with van der Waals surface area (Å²) in [6.07, 6.45) is 0. The number of aromatic hydroxyl groups is 2. The number of hydrogen-bond donors (Lipinski definition) is 2. The van der Waals surface area contributed by atoms with E-state index in [9.17, 15) is 10.2 Å². The maximum absolute atomic E-state index is 9.22. The summed E-state index contributed by atoms with van der Waals surface area (Å²) in [6, 6.07) is 14.6. The summed E-state index contributed by atoms with van der Waals surface area (Å²) in [5.74, 6) is 4.27. The van der Waals surface area contributed by atoms with Crippen molar-refractivity contribution < 1.29 is 19.7 Å². The van der Waals surface area contributed by atoms with Crippen molar-refractivity contribution in [2.24, 2.45) is 0 Å². The van der Waals surface area contributed by atoms with E-state index in [2.05, 4.69) is 0 Å². The first-order valence-corrected chi connectivity index (χ1v) is 10.4. The van der Waals surface area contributed by atoms with Gasteiger partial charge in [-0.25, -0.2) is 0 Å². The van der Waals surface area contributed by atoms with Gasteiger partial charge in [-0.3, -0.25) is 0 Å². The van der Waals surface area contributed by atoms with E-state index in [4.69, 9.17) is 9.47 Å². The standard InChI is InChI=1S/C19H24O4S2/c20-18-5-1-16(2-6-18)13-24-11-9-22-15-23-10-12-25-14-17-3-7-19(21)8-4-17/h1-8,20-21H,9-15H2. The lowest BCUT2D eigenvalue weighted by Gasteiger charge is -2.06. The maximum Gasteiger partial charge on any atom is 0.146 e. The van der Waals surface area contributed by atoms with Gasteiger partial charge in [0, 0.05) is 23.0 Å². The van der Waals surface area contributed by atoms with Crippen LogP contribution in [0.15, 0.2) is 48.5 Å². The molecule has 4 nitrogen and oxygen atoms in total. The van der Waals surface area contributed by atoms with Crippen LogP contribution in [0, 0.1) is 0 Å². The fourth-order valence-electron chi connectivity index (χ4n) is 1.98. The molecule has 0 bridgehead atoms. The monoisotopic (exact) mass is 380 g/mol. The Labute approximate surface area is 157 Å². The van der Waals surface area contributed by atoms with Gasteiger partial charge < -0.3 is 19.7 Å². The van der Waals surface area contributed by atoms with Crippen LogP contribution in [0.2, 0.25) is 0 Å². The molecule has 25 heavy (non-hydrogen) atoms. The highest BCUT2D eigenvalue weighted by atomic mass is 32.2. The molecule has 0 unspecified atom stereocenters. The van der Waals surface area contributed by atoms with Crippen molar-refractivity contribution in [3.05, 3.63) is 59.7 Å². The van der Waals surface area contributed by atoms with Crippen LogP contribution in [0.5, 0.6) is 11.5 Å². The summed E-state index contributed by atoms with van der Waals surface area (Å²) in [6.45, 7) is 1.67. The van der Waals surface area contributed by atoms with E-state index in [1.165, 1.54) is 11.1 Å². The van der Waals surface area contributed by atoms with Crippen LogP contribution in [-0.4, -0.2) is 41.7 Å². The molecule has 2 aromatic rings. The molecule has 0 spiro atoms. The number of benzene rings is 2. The quantitative estimate of drug-likeness (QED) is 0.424. The SMILES string of the molecule is Oc1ccc(CSCCOCOCCSCc2ccc(O)cc2)cc1. The van der Waals surface area contributed by atoms with Crippen molar-refractivity contribution in [2.75, 3.05) is 31.5 Å². The number of phenols is 2. The Hall–Kier alpha value is -1.34. The van der Waals surface area contributed by atoms with Gasteiger partial charge in [0.1, 0.15) is 18.3 Å². The Bertz CT molecular complexity index is 534. The van der Waals surface area contributed by atoms with Crippen molar-refractivity contribution in [1.82, 2.24) is 0 Å². The predicted octanol–water partition coefficient (Wildman–Crippen LogP) is 4.26. The number of hydrogen-bond acceptors (Lipinski definition) is 6. The molecular formula is C19H24O4S2. The van der Waals surface area contributed by atoms with Gasteiger partial charge in [-0.15, -0.1) is 0 Å². The maximum atomic E-state index is 9.22. The molecular weight excluding hydrogens is 356 g/mol. The predicted molar refractivity (Wildman–Crippen MR) is 105 cm³/mol. The molecule has 0 saturated heterocycles. The second-order valence-electron chi connectivity index (χ2n) is 5.37. The summed E-state index contributed by atoms with van der Waals surface area (Å²) >= 11 is 3.60. The molecule has 2 aromatic carbocycles.